The first-order valence-corrected chi connectivity index (χ1v) is 8.18. The number of Topliss-reactive ketones (excluding diaryl/α,β-unsaturated/α-hetero) is 2. The first kappa shape index (κ1) is 19.2. The molecule has 0 radical (unpaired) electrons. The van der Waals surface area contributed by atoms with E-state index in [0.29, 0.717) is 29.7 Å². The number of rotatable bonds is 9. The maximum absolute atomic E-state index is 12.2. The van der Waals surface area contributed by atoms with Crippen molar-refractivity contribution in [2.45, 2.75) is 52.4 Å². The van der Waals surface area contributed by atoms with Crippen LogP contribution in [-0.2, 0) is 11.8 Å². The van der Waals surface area contributed by atoms with E-state index < -0.39 is 0 Å². The Morgan fingerprint density at radius 3 is 2.30 bits per heavy atom. The number of aromatic nitrogens is 2. The van der Waals surface area contributed by atoms with Crippen LogP contribution in [0.2, 0.25) is 0 Å². The summed E-state index contributed by atoms with van der Waals surface area (Å²) in [4.78, 5) is 38.4. The van der Waals surface area contributed by atoms with Gasteiger partial charge >= 0.3 is 0 Å². The molecule has 0 fully saturated rings. The molecule has 0 aromatic carbocycles. The summed E-state index contributed by atoms with van der Waals surface area (Å²) in [6, 6.07) is 0. The third-order valence-corrected chi connectivity index (χ3v) is 4.23. The van der Waals surface area contributed by atoms with E-state index in [1.165, 1.54) is 4.57 Å². The molecule has 0 aliphatic carbocycles. The second-order valence-electron chi connectivity index (χ2n) is 5.84. The minimum absolute atomic E-state index is 0.0932. The van der Waals surface area contributed by atoms with Crippen LogP contribution < -0.4 is 5.56 Å². The Labute approximate surface area is 141 Å². The van der Waals surface area contributed by atoms with Gasteiger partial charge in [0.2, 0.25) is 0 Å². The van der Waals surface area contributed by atoms with Crippen LogP contribution in [0.1, 0.15) is 61.5 Å². The molecule has 6 heteroatoms. The lowest BCUT2D eigenvalue weighted by Gasteiger charge is -2.07. The summed E-state index contributed by atoms with van der Waals surface area (Å²) in [7, 11) is 1.58. The standard InChI is InChI=1S/C17H24N2O3S/c1-11(2)13(20)9-7-5-6-8-10-14(21)15-12(3)16(22)19(4)17(23)18-15/h1,5-10H2,2-4H3,(H,18,23). The minimum Gasteiger partial charge on any atom is -0.329 e. The van der Waals surface area contributed by atoms with Gasteiger partial charge in [0.15, 0.2) is 16.3 Å². The highest BCUT2D eigenvalue weighted by molar-refractivity contribution is 7.71. The summed E-state index contributed by atoms with van der Waals surface area (Å²) in [6.45, 7) is 6.97. The molecule has 0 bridgehead atoms. The summed E-state index contributed by atoms with van der Waals surface area (Å²) < 4.78 is 1.57. The first-order chi connectivity index (χ1) is 10.8. The quantitative estimate of drug-likeness (QED) is 0.325. The van der Waals surface area contributed by atoms with E-state index in [-0.39, 0.29) is 21.9 Å². The molecule has 23 heavy (non-hydrogen) atoms. The highest BCUT2D eigenvalue weighted by atomic mass is 32.1. The minimum atomic E-state index is -0.240. The van der Waals surface area contributed by atoms with Crippen LogP contribution in [0.15, 0.2) is 16.9 Å². The van der Waals surface area contributed by atoms with E-state index in [2.05, 4.69) is 11.6 Å². The van der Waals surface area contributed by atoms with Crippen molar-refractivity contribution in [3.8, 4) is 0 Å². The van der Waals surface area contributed by atoms with Gasteiger partial charge < -0.3 is 4.98 Å². The average Bonchev–Trinajstić information content (AvgIpc) is 2.51. The maximum atomic E-state index is 12.2. The van der Waals surface area contributed by atoms with Crippen LogP contribution in [0.25, 0.3) is 0 Å². The number of hydrogen-bond donors (Lipinski definition) is 1. The molecular weight excluding hydrogens is 312 g/mol. The Hall–Kier alpha value is -1.82. The molecule has 1 aromatic heterocycles. The number of ketones is 2. The number of nitrogens with one attached hydrogen (secondary N) is 1. The van der Waals surface area contributed by atoms with E-state index in [0.717, 1.165) is 25.7 Å². The van der Waals surface area contributed by atoms with Gasteiger partial charge in [-0.1, -0.05) is 19.4 Å². The predicted molar refractivity (Wildman–Crippen MR) is 93.5 cm³/mol. The van der Waals surface area contributed by atoms with Crippen LogP contribution >= 0.6 is 12.2 Å². The third-order valence-electron chi connectivity index (χ3n) is 3.85. The molecule has 126 valence electrons. The second kappa shape index (κ2) is 8.72. The number of allylic oxidation sites excluding steroid dienone is 1. The highest BCUT2D eigenvalue weighted by Gasteiger charge is 2.13. The molecule has 0 spiro atoms. The maximum Gasteiger partial charge on any atom is 0.257 e. The smallest absolute Gasteiger partial charge is 0.257 e. The lowest BCUT2D eigenvalue weighted by atomic mass is 10.0. The zero-order valence-electron chi connectivity index (χ0n) is 14.0. The number of carbonyl (C=O) groups excluding carboxylic acids is 2. The van der Waals surface area contributed by atoms with Crippen molar-refractivity contribution in [3.05, 3.63) is 38.5 Å². The van der Waals surface area contributed by atoms with Crippen molar-refractivity contribution >= 4 is 23.8 Å². The van der Waals surface area contributed by atoms with Gasteiger partial charge in [-0.2, -0.15) is 0 Å². The van der Waals surface area contributed by atoms with Gasteiger partial charge in [0.25, 0.3) is 5.56 Å². The molecule has 0 saturated heterocycles. The molecule has 0 aliphatic rings. The Balaban J connectivity index is 2.47. The lowest BCUT2D eigenvalue weighted by molar-refractivity contribution is -0.115. The summed E-state index contributed by atoms with van der Waals surface area (Å²) >= 11 is 5.04. The Bertz CT molecular complexity index is 728. The Morgan fingerprint density at radius 1 is 1.17 bits per heavy atom. The van der Waals surface area contributed by atoms with Crippen molar-refractivity contribution in [1.29, 1.82) is 0 Å². The van der Waals surface area contributed by atoms with Crippen LogP contribution in [0.4, 0.5) is 0 Å². The number of H-pyrrole nitrogens is 1. The zero-order chi connectivity index (χ0) is 17.6. The van der Waals surface area contributed by atoms with Gasteiger partial charge in [-0.25, -0.2) is 0 Å². The molecule has 1 aromatic rings. The van der Waals surface area contributed by atoms with Crippen LogP contribution in [0.3, 0.4) is 0 Å². The fraction of sp³-hybridized carbons (Fsp3) is 0.529. The van der Waals surface area contributed by atoms with E-state index in [1.807, 2.05) is 0 Å². The number of nitrogens with zero attached hydrogens (tertiary/aromatic N) is 1. The molecule has 0 amide bonds. The van der Waals surface area contributed by atoms with Crippen LogP contribution in [0.5, 0.6) is 0 Å². The molecule has 0 saturated carbocycles. The van der Waals surface area contributed by atoms with Crippen LogP contribution in [-0.4, -0.2) is 21.1 Å². The van der Waals surface area contributed by atoms with Gasteiger partial charge in [-0.15, -0.1) is 0 Å². The zero-order valence-corrected chi connectivity index (χ0v) is 14.8. The number of unbranched alkanes of at least 4 members (excludes halogenated alkanes) is 3. The van der Waals surface area contributed by atoms with E-state index in [1.54, 1.807) is 20.9 Å². The molecule has 1 rings (SSSR count). The van der Waals surface area contributed by atoms with E-state index in [4.69, 9.17) is 12.2 Å². The summed E-state index contributed by atoms with van der Waals surface area (Å²) in [5.74, 6) is 0.00807. The summed E-state index contributed by atoms with van der Waals surface area (Å²) in [5, 5.41) is 0. The van der Waals surface area contributed by atoms with Crippen molar-refractivity contribution in [2.75, 3.05) is 0 Å². The SMILES string of the molecule is C=C(C)C(=O)CCCCCCC(=O)c1[nH]c(=S)n(C)c(=O)c1C. The molecule has 1 N–H and O–H groups in total. The molecule has 0 unspecified atom stereocenters. The largest absolute Gasteiger partial charge is 0.329 e. The monoisotopic (exact) mass is 336 g/mol. The first-order valence-electron chi connectivity index (χ1n) is 7.77. The number of hydrogen-bond acceptors (Lipinski definition) is 4. The molecule has 0 atom stereocenters. The van der Waals surface area contributed by atoms with Gasteiger partial charge in [-0.3, -0.25) is 19.0 Å². The van der Waals surface area contributed by atoms with E-state index in [9.17, 15) is 14.4 Å². The average molecular weight is 336 g/mol. The topological polar surface area (TPSA) is 71.9 Å². The van der Waals surface area contributed by atoms with Gasteiger partial charge in [0.05, 0.1) is 5.69 Å². The molecule has 5 nitrogen and oxygen atoms in total. The van der Waals surface area contributed by atoms with Crippen molar-refractivity contribution < 1.29 is 9.59 Å². The van der Waals surface area contributed by atoms with Crippen molar-refractivity contribution in [1.82, 2.24) is 9.55 Å². The van der Waals surface area contributed by atoms with Crippen molar-refractivity contribution in [3.63, 3.8) is 0 Å². The summed E-state index contributed by atoms with van der Waals surface area (Å²) in [6.07, 6.45) is 4.21. The van der Waals surface area contributed by atoms with E-state index >= 15 is 0 Å². The predicted octanol–water partition coefficient (Wildman–Crippen LogP) is 3.42. The Kier molecular flexibility index (Phi) is 7.29. The number of carbonyl (C=O) groups is 2. The van der Waals surface area contributed by atoms with Gasteiger partial charge in [0.1, 0.15) is 0 Å². The molecular formula is C17H24N2O3S. The fourth-order valence-electron chi connectivity index (χ4n) is 2.28. The summed E-state index contributed by atoms with van der Waals surface area (Å²) in [5.41, 5.74) is 1.07. The molecule has 1 heterocycles. The third kappa shape index (κ3) is 5.39. The van der Waals surface area contributed by atoms with Gasteiger partial charge in [-0.05, 0) is 44.5 Å². The lowest BCUT2D eigenvalue weighted by Crippen LogP contribution is -2.25. The number of aromatic amines is 1. The fourth-order valence-corrected chi connectivity index (χ4v) is 2.46. The Morgan fingerprint density at radius 2 is 1.74 bits per heavy atom. The van der Waals surface area contributed by atoms with Crippen LogP contribution in [0, 0.1) is 11.7 Å². The normalized spacial score (nSPS) is 10.6. The highest BCUT2D eigenvalue weighted by Crippen LogP contribution is 2.11. The van der Waals surface area contributed by atoms with Crippen molar-refractivity contribution in [2.24, 2.45) is 7.05 Å². The van der Waals surface area contributed by atoms with Gasteiger partial charge in [0, 0.05) is 25.5 Å². The second-order valence-corrected chi connectivity index (χ2v) is 6.22. The molecule has 0 aliphatic heterocycles.